The van der Waals surface area contributed by atoms with Gasteiger partial charge in [0.05, 0.1) is 17.3 Å². The number of amides is 1. The molecule has 1 aromatic heterocycles. The second-order valence-corrected chi connectivity index (χ2v) is 5.37. The molecule has 0 aliphatic rings. The van der Waals surface area contributed by atoms with E-state index in [-0.39, 0.29) is 5.56 Å². The Hall–Kier alpha value is -1.69. The van der Waals surface area contributed by atoms with Gasteiger partial charge in [-0.25, -0.2) is 4.68 Å². The van der Waals surface area contributed by atoms with Gasteiger partial charge in [-0.2, -0.15) is 5.10 Å². The van der Waals surface area contributed by atoms with E-state index in [0.717, 1.165) is 4.68 Å². The zero-order valence-electron chi connectivity index (χ0n) is 12.2. The molecule has 1 heterocycles. The van der Waals surface area contributed by atoms with Crippen LogP contribution in [0.25, 0.3) is 0 Å². The van der Waals surface area contributed by atoms with Crippen LogP contribution in [0.3, 0.4) is 0 Å². The first kappa shape index (κ1) is 15.4. The Kier molecular flexibility index (Phi) is 4.15. The van der Waals surface area contributed by atoms with Crippen molar-refractivity contribution < 1.29 is 9.90 Å². The average molecular weight is 267 g/mol. The van der Waals surface area contributed by atoms with Gasteiger partial charge in [0.2, 0.25) is 0 Å². The molecule has 6 nitrogen and oxygen atoms in total. The van der Waals surface area contributed by atoms with E-state index in [0.29, 0.717) is 11.3 Å². The van der Waals surface area contributed by atoms with Gasteiger partial charge >= 0.3 is 0 Å². The van der Waals surface area contributed by atoms with Gasteiger partial charge in [0.25, 0.3) is 11.5 Å². The lowest BCUT2D eigenvalue weighted by atomic mass is 9.97. The molecule has 0 fully saturated rings. The van der Waals surface area contributed by atoms with Gasteiger partial charge in [0.15, 0.2) is 0 Å². The number of aliphatic hydroxyl groups is 1. The van der Waals surface area contributed by atoms with Crippen molar-refractivity contribution >= 4 is 5.91 Å². The maximum Gasteiger partial charge on any atom is 0.279 e. The van der Waals surface area contributed by atoms with E-state index < -0.39 is 23.1 Å². The quantitative estimate of drug-likeness (QED) is 0.824. The summed E-state index contributed by atoms with van der Waals surface area (Å²) in [5.41, 5.74) is 0.000862. The fourth-order valence-corrected chi connectivity index (χ4v) is 1.58. The van der Waals surface area contributed by atoms with Crippen LogP contribution in [-0.4, -0.2) is 32.4 Å². The van der Waals surface area contributed by atoms with Crippen LogP contribution >= 0.6 is 0 Å². The van der Waals surface area contributed by atoms with Crippen molar-refractivity contribution in [3.8, 4) is 0 Å². The molecule has 0 aliphatic carbocycles. The highest BCUT2D eigenvalue weighted by Gasteiger charge is 2.28. The van der Waals surface area contributed by atoms with Crippen LogP contribution in [0.15, 0.2) is 4.79 Å². The third kappa shape index (κ3) is 3.01. The van der Waals surface area contributed by atoms with Crippen molar-refractivity contribution in [1.29, 1.82) is 0 Å². The number of hydrogen-bond acceptors (Lipinski definition) is 4. The van der Waals surface area contributed by atoms with Crippen LogP contribution in [-0.2, 0) is 7.05 Å². The first-order chi connectivity index (χ1) is 8.58. The molecule has 1 amide bonds. The molecule has 0 bridgehead atoms. The predicted octanol–water partition coefficient (Wildman–Crippen LogP) is 0.286. The Labute approximate surface area is 112 Å². The number of hydrogen-bond donors (Lipinski definition) is 2. The molecule has 0 saturated heterocycles. The molecule has 0 saturated carbocycles. The fraction of sp³-hybridized carbons (Fsp3) is 0.615. The van der Waals surface area contributed by atoms with Crippen LogP contribution in [0.4, 0.5) is 0 Å². The van der Waals surface area contributed by atoms with E-state index in [9.17, 15) is 14.7 Å². The van der Waals surface area contributed by atoms with Gasteiger partial charge in [-0.1, -0.05) is 0 Å². The topological polar surface area (TPSA) is 84.2 Å². The average Bonchev–Trinajstić information content (AvgIpc) is 2.25. The Bertz CT molecular complexity index is 559. The van der Waals surface area contributed by atoms with Crippen LogP contribution < -0.4 is 10.9 Å². The summed E-state index contributed by atoms with van der Waals surface area (Å²) in [6.45, 7) is 8.41. The minimum absolute atomic E-state index is 0.0729. The maximum absolute atomic E-state index is 12.2. The Morgan fingerprint density at radius 3 is 2.42 bits per heavy atom. The third-order valence-corrected chi connectivity index (χ3v) is 3.43. The van der Waals surface area contributed by atoms with Crippen LogP contribution in [0, 0.1) is 13.8 Å². The number of aromatic nitrogens is 2. The Morgan fingerprint density at radius 1 is 1.42 bits per heavy atom. The summed E-state index contributed by atoms with van der Waals surface area (Å²) in [5.74, 6) is -0.491. The van der Waals surface area contributed by atoms with Gasteiger partial charge in [0, 0.05) is 7.05 Å². The monoisotopic (exact) mass is 267 g/mol. The van der Waals surface area contributed by atoms with E-state index in [1.165, 1.54) is 7.05 Å². The number of nitrogens with zero attached hydrogens (tertiary/aromatic N) is 2. The summed E-state index contributed by atoms with van der Waals surface area (Å²) in [7, 11) is 1.51. The van der Waals surface area contributed by atoms with Gasteiger partial charge in [-0.15, -0.1) is 0 Å². The molecule has 0 aliphatic heterocycles. The van der Waals surface area contributed by atoms with Crippen molar-refractivity contribution in [2.24, 2.45) is 7.05 Å². The second-order valence-electron chi connectivity index (χ2n) is 5.37. The normalized spacial score (nSPS) is 13.2. The second kappa shape index (κ2) is 5.13. The molecular formula is C13H21N3O3. The number of aryl methyl sites for hydroxylation is 2. The van der Waals surface area contributed by atoms with Crippen molar-refractivity contribution in [2.45, 2.75) is 46.3 Å². The highest BCUT2D eigenvalue weighted by Crippen LogP contribution is 2.11. The van der Waals surface area contributed by atoms with Gasteiger partial charge in [0.1, 0.15) is 5.56 Å². The zero-order chi connectivity index (χ0) is 15.0. The molecule has 0 spiro atoms. The summed E-state index contributed by atoms with van der Waals surface area (Å²) >= 11 is 0. The molecule has 1 aromatic rings. The van der Waals surface area contributed by atoms with Crippen molar-refractivity contribution in [3.63, 3.8) is 0 Å². The van der Waals surface area contributed by atoms with E-state index >= 15 is 0 Å². The van der Waals surface area contributed by atoms with E-state index in [4.69, 9.17) is 0 Å². The van der Waals surface area contributed by atoms with Gasteiger partial charge < -0.3 is 10.4 Å². The van der Waals surface area contributed by atoms with E-state index in [1.807, 2.05) is 0 Å². The largest absolute Gasteiger partial charge is 0.391 e. The van der Waals surface area contributed by atoms with Gasteiger partial charge in [-0.3, -0.25) is 9.59 Å². The Balaban J connectivity index is 3.25. The van der Waals surface area contributed by atoms with Gasteiger partial charge in [-0.05, 0) is 40.2 Å². The smallest absolute Gasteiger partial charge is 0.279 e. The lowest BCUT2D eigenvalue weighted by Crippen LogP contribution is -2.52. The summed E-state index contributed by atoms with van der Waals surface area (Å²) in [6.07, 6.45) is -0.733. The summed E-state index contributed by atoms with van der Waals surface area (Å²) in [6, 6.07) is 0. The molecule has 0 radical (unpaired) electrons. The van der Waals surface area contributed by atoms with Crippen LogP contribution in [0.2, 0.25) is 0 Å². The first-order valence-corrected chi connectivity index (χ1v) is 6.13. The molecule has 1 rings (SSSR count). The van der Waals surface area contributed by atoms with E-state index in [1.54, 1.807) is 34.6 Å². The maximum atomic E-state index is 12.2. The summed E-state index contributed by atoms with van der Waals surface area (Å²) < 4.78 is 1.15. The van der Waals surface area contributed by atoms with Crippen LogP contribution in [0.1, 0.15) is 42.4 Å². The molecule has 0 aromatic carbocycles. The molecule has 19 heavy (non-hydrogen) atoms. The summed E-state index contributed by atoms with van der Waals surface area (Å²) in [5, 5.41) is 16.3. The number of carbonyl (C=O) groups excluding carboxylic acids is 1. The zero-order valence-corrected chi connectivity index (χ0v) is 12.2. The number of carbonyl (C=O) groups is 1. The number of aliphatic hydroxyl groups excluding tert-OH is 1. The van der Waals surface area contributed by atoms with Crippen molar-refractivity contribution in [1.82, 2.24) is 15.1 Å². The molecule has 1 atom stereocenters. The highest BCUT2D eigenvalue weighted by molar-refractivity contribution is 5.95. The minimum atomic E-state index is -0.814. The highest BCUT2D eigenvalue weighted by atomic mass is 16.3. The standard InChI is InChI=1S/C13H21N3O3/c1-7-8(2)15-16(6)12(19)10(7)11(18)14-13(4,5)9(3)17/h9,17H,1-6H3,(H,14,18). The molecule has 1 unspecified atom stereocenters. The molecule has 6 heteroatoms. The van der Waals surface area contributed by atoms with Crippen LogP contribution in [0.5, 0.6) is 0 Å². The number of rotatable bonds is 3. The molecular weight excluding hydrogens is 246 g/mol. The van der Waals surface area contributed by atoms with Crippen molar-refractivity contribution in [3.05, 3.63) is 27.2 Å². The lowest BCUT2D eigenvalue weighted by molar-refractivity contribution is 0.0707. The third-order valence-electron chi connectivity index (χ3n) is 3.43. The fourth-order valence-electron chi connectivity index (χ4n) is 1.58. The molecule has 106 valence electrons. The van der Waals surface area contributed by atoms with E-state index in [2.05, 4.69) is 10.4 Å². The predicted molar refractivity (Wildman–Crippen MR) is 72.2 cm³/mol. The molecule has 2 N–H and O–H groups in total. The first-order valence-electron chi connectivity index (χ1n) is 6.13. The number of nitrogens with one attached hydrogen (secondary N) is 1. The lowest BCUT2D eigenvalue weighted by Gasteiger charge is -2.29. The Morgan fingerprint density at radius 2 is 1.95 bits per heavy atom. The minimum Gasteiger partial charge on any atom is -0.391 e. The SMILES string of the molecule is Cc1nn(C)c(=O)c(C(=O)NC(C)(C)C(C)O)c1C. The summed E-state index contributed by atoms with van der Waals surface area (Å²) in [4.78, 5) is 24.3. The van der Waals surface area contributed by atoms with Crippen molar-refractivity contribution in [2.75, 3.05) is 0 Å².